The van der Waals surface area contributed by atoms with Crippen molar-refractivity contribution >= 4 is 6.29 Å². The predicted octanol–water partition coefficient (Wildman–Crippen LogP) is 0.867. The van der Waals surface area contributed by atoms with Crippen LogP contribution >= 0.6 is 0 Å². The lowest BCUT2D eigenvalue weighted by molar-refractivity contribution is 0.332. The molecule has 0 amide bonds. The second-order valence-electron chi connectivity index (χ2n) is 2.30. The highest BCUT2D eigenvalue weighted by Crippen LogP contribution is 2.37. The molecule has 0 atom stereocenters. The first-order valence-electron chi connectivity index (χ1n) is 3.56. The molecule has 1 aromatic carbocycles. The molecule has 0 fully saturated rings. The molecule has 0 aliphatic rings. The third-order valence-corrected chi connectivity index (χ3v) is 1.61. The molecule has 0 saturated heterocycles. The summed E-state index contributed by atoms with van der Waals surface area (Å²) in [5, 5.41) is 9.31. The van der Waals surface area contributed by atoms with Crippen LogP contribution in [0.1, 0.15) is 5.56 Å². The maximum Gasteiger partial charge on any atom is 0.237 e. The summed E-state index contributed by atoms with van der Waals surface area (Å²) in [4.78, 5) is 10.4. The van der Waals surface area contributed by atoms with Crippen molar-refractivity contribution in [2.45, 2.75) is 0 Å². The first-order valence-corrected chi connectivity index (χ1v) is 3.56. The standard InChI is InChI=1S/C9H9O4/c1-12-8-6(5-10)3-4-7(11)9(8)13-2/h3-4,11H,1-2H3. The van der Waals surface area contributed by atoms with Crippen LogP contribution in [0.3, 0.4) is 0 Å². The van der Waals surface area contributed by atoms with Gasteiger partial charge in [0.05, 0.1) is 19.8 Å². The third-order valence-electron chi connectivity index (χ3n) is 1.61. The molecule has 0 aliphatic carbocycles. The highest BCUT2D eigenvalue weighted by Gasteiger charge is 2.13. The average molecular weight is 181 g/mol. The number of rotatable bonds is 3. The van der Waals surface area contributed by atoms with E-state index >= 15 is 0 Å². The van der Waals surface area contributed by atoms with Crippen molar-refractivity contribution in [2.24, 2.45) is 0 Å². The molecular formula is C9H9O4. The molecule has 0 saturated carbocycles. The molecule has 1 N–H and O–H groups in total. The van der Waals surface area contributed by atoms with Crippen LogP contribution in [0.5, 0.6) is 17.2 Å². The number of carbonyl (C=O) groups excluding carboxylic acids is 1. The summed E-state index contributed by atoms with van der Waals surface area (Å²) in [6.45, 7) is 0. The van der Waals surface area contributed by atoms with Crippen molar-refractivity contribution < 1.29 is 19.4 Å². The molecule has 1 aromatic rings. The lowest BCUT2D eigenvalue weighted by atomic mass is 10.2. The van der Waals surface area contributed by atoms with Gasteiger partial charge in [-0.2, -0.15) is 0 Å². The lowest BCUT2D eigenvalue weighted by Crippen LogP contribution is -1.95. The van der Waals surface area contributed by atoms with Crippen molar-refractivity contribution in [3.63, 3.8) is 0 Å². The molecule has 1 radical (unpaired) electrons. The quantitative estimate of drug-likeness (QED) is 0.751. The molecule has 0 aliphatic heterocycles. The van der Waals surface area contributed by atoms with E-state index in [1.807, 2.05) is 0 Å². The minimum absolute atomic E-state index is 0.0710. The number of methoxy groups -OCH3 is 2. The zero-order chi connectivity index (χ0) is 9.84. The molecule has 4 heteroatoms. The molecule has 69 valence electrons. The Kier molecular flexibility index (Phi) is 2.74. The third kappa shape index (κ3) is 1.56. The monoisotopic (exact) mass is 181 g/mol. The van der Waals surface area contributed by atoms with E-state index in [-0.39, 0.29) is 22.8 Å². The van der Waals surface area contributed by atoms with Gasteiger partial charge in [0.25, 0.3) is 0 Å². The van der Waals surface area contributed by atoms with Gasteiger partial charge < -0.3 is 14.6 Å². The van der Waals surface area contributed by atoms with Gasteiger partial charge in [-0.3, -0.25) is 4.79 Å². The largest absolute Gasteiger partial charge is 0.504 e. The Labute approximate surface area is 75.7 Å². The normalized spacial score (nSPS) is 9.38. The van der Waals surface area contributed by atoms with Gasteiger partial charge in [0, 0.05) is 0 Å². The van der Waals surface area contributed by atoms with Gasteiger partial charge in [-0.15, -0.1) is 0 Å². The molecule has 0 heterocycles. The molecule has 0 unspecified atom stereocenters. The Morgan fingerprint density at radius 2 is 1.85 bits per heavy atom. The molecule has 13 heavy (non-hydrogen) atoms. The van der Waals surface area contributed by atoms with E-state index in [2.05, 4.69) is 0 Å². The number of aromatic hydroxyl groups is 1. The summed E-state index contributed by atoms with van der Waals surface area (Å²) >= 11 is 0. The van der Waals surface area contributed by atoms with Crippen LogP contribution in [0.2, 0.25) is 0 Å². The van der Waals surface area contributed by atoms with E-state index < -0.39 is 0 Å². The maximum atomic E-state index is 10.4. The lowest BCUT2D eigenvalue weighted by Gasteiger charge is -2.09. The van der Waals surface area contributed by atoms with Crippen molar-refractivity contribution in [2.75, 3.05) is 14.2 Å². The summed E-state index contributed by atoms with van der Waals surface area (Å²) in [6.07, 6.45) is 1.68. The fraction of sp³-hybridized carbons (Fsp3) is 0.222. The summed E-state index contributed by atoms with van der Waals surface area (Å²) in [5.74, 6) is 0.263. The van der Waals surface area contributed by atoms with E-state index in [1.54, 1.807) is 6.29 Å². The van der Waals surface area contributed by atoms with Crippen LogP contribution in [-0.2, 0) is 4.79 Å². The van der Waals surface area contributed by atoms with Crippen LogP contribution in [0, 0.1) is 0 Å². The highest BCUT2D eigenvalue weighted by atomic mass is 16.5. The van der Waals surface area contributed by atoms with Crippen molar-refractivity contribution in [1.29, 1.82) is 0 Å². The van der Waals surface area contributed by atoms with Crippen molar-refractivity contribution in [3.8, 4) is 17.2 Å². The fourth-order valence-corrected chi connectivity index (χ4v) is 1.03. The average Bonchev–Trinajstić information content (AvgIpc) is 2.17. The second-order valence-corrected chi connectivity index (χ2v) is 2.30. The highest BCUT2D eigenvalue weighted by molar-refractivity contribution is 5.82. The van der Waals surface area contributed by atoms with E-state index in [1.165, 1.54) is 26.4 Å². The van der Waals surface area contributed by atoms with E-state index in [9.17, 15) is 9.90 Å². The molecular weight excluding hydrogens is 172 g/mol. The van der Waals surface area contributed by atoms with Gasteiger partial charge in [-0.25, -0.2) is 0 Å². The Morgan fingerprint density at radius 1 is 1.23 bits per heavy atom. The predicted molar refractivity (Wildman–Crippen MR) is 46.0 cm³/mol. The summed E-state index contributed by atoms with van der Waals surface area (Å²) < 4.78 is 9.75. The Bertz CT molecular complexity index is 320. The summed E-state index contributed by atoms with van der Waals surface area (Å²) in [6, 6.07) is 2.76. The zero-order valence-electron chi connectivity index (χ0n) is 7.33. The van der Waals surface area contributed by atoms with Crippen LogP contribution in [-0.4, -0.2) is 25.6 Å². The van der Waals surface area contributed by atoms with E-state index in [4.69, 9.17) is 9.47 Å². The number of hydrogen-bond donors (Lipinski definition) is 1. The van der Waals surface area contributed by atoms with Crippen LogP contribution in [0.4, 0.5) is 0 Å². The van der Waals surface area contributed by atoms with Crippen molar-refractivity contribution in [3.05, 3.63) is 17.7 Å². The SMILES string of the molecule is COc1c(O)ccc([C]=O)c1OC. The number of phenols is 1. The number of phenolic OH excluding ortho intramolecular Hbond substituents is 1. The smallest absolute Gasteiger partial charge is 0.237 e. The van der Waals surface area contributed by atoms with Crippen molar-refractivity contribution in [1.82, 2.24) is 0 Å². The maximum absolute atomic E-state index is 10.4. The Hall–Kier alpha value is -1.71. The van der Waals surface area contributed by atoms with Gasteiger partial charge >= 0.3 is 0 Å². The van der Waals surface area contributed by atoms with Gasteiger partial charge in [0.2, 0.25) is 12.0 Å². The van der Waals surface area contributed by atoms with Gasteiger partial charge in [0.15, 0.2) is 11.5 Å². The second kappa shape index (κ2) is 3.80. The first-order chi connectivity index (χ1) is 6.24. The number of ether oxygens (including phenoxy) is 2. The minimum Gasteiger partial charge on any atom is -0.504 e. The number of benzene rings is 1. The molecule has 1 rings (SSSR count). The first kappa shape index (κ1) is 9.38. The minimum atomic E-state index is -0.0710. The van der Waals surface area contributed by atoms with Gasteiger partial charge in [-0.05, 0) is 12.1 Å². The van der Waals surface area contributed by atoms with Gasteiger partial charge in [0.1, 0.15) is 0 Å². The summed E-state index contributed by atoms with van der Waals surface area (Å²) in [7, 11) is 2.77. The Balaban J connectivity index is 3.35. The fourth-order valence-electron chi connectivity index (χ4n) is 1.03. The van der Waals surface area contributed by atoms with E-state index in [0.29, 0.717) is 0 Å². The molecule has 0 bridgehead atoms. The van der Waals surface area contributed by atoms with Crippen LogP contribution in [0.15, 0.2) is 12.1 Å². The molecule has 4 nitrogen and oxygen atoms in total. The zero-order valence-corrected chi connectivity index (χ0v) is 7.33. The van der Waals surface area contributed by atoms with Crippen LogP contribution < -0.4 is 9.47 Å². The number of hydrogen-bond acceptors (Lipinski definition) is 4. The Morgan fingerprint density at radius 3 is 2.31 bits per heavy atom. The van der Waals surface area contributed by atoms with Crippen LogP contribution in [0.25, 0.3) is 0 Å². The van der Waals surface area contributed by atoms with E-state index in [0.717, 1.165) is 0 Å². The van der Waals surface area contributed by atoms with Gasteiger partial charge in [-0.1, -0.05) is 0 Å². The topological polar surface area (TPSA) is 55.8 Å². The molecule has 0 aromatic heterocycles. The molecule has 0 spiro atoms. The summed E-state index contributed by atoms with van der Waals surface area (Å²) in [5.41, 5.74) is 0.220.